The fourth-order valence-electron chi connectivity index (χ4n) is 5.01. The lowest BCUT2D eigenvalue weighted by molar-refractivity contribution is 0.146. The quantitative estimate of drug-likeness (QED) is 0.627. The summed E-state index contributed by atoms with van der Waals surface area (Å²) in [4.78, 5) is 4.23. The number of hydrogen-bond acceptors (Lipinski definition) is 2. The highest BCUT2D eigenvalue weighted by Gasteiger charge is 2.48. The molecule has 2 aliphatic rings. The molecule has 5 heteroatoms. The molecule has 3 atom stereocenters. The van der Waals surface area contributed by atoms with Crippen LogP contribution in [-0.2, 0) is 0 Å². The van der Waals surface area contributed by atoms with E-state index in [0.717, 1.165) is 24.1 Å². The minimum absolute atomic E-state index is 0.210. The molecule has 0 aromatic carbocycles. The molecule has 0 radical (unpaired) electrons. The average molecular weight is 391 g/mol. The van der Waals surface area contributed by atoms with Crippen LogP contribution in [0.2, 0.25) is 0 Å². The molecule has 0 saturated heterocycles. The van der Waals surface area contributed by atoms with E-state index in [1.165, 1.54) is 11.8 Å². The molecule has 0 amide bonds. The van der Waals surface area contributed by atoms with E-state index in [9.17, 15) is 8.78 Å². The molecule has 146 valence electrons. The van der Waals surface area contributed by atoms with Crippen LogP contribution in [0.4, 0.5) is 8.78 Å². The Morgan fingerprint density at radius 3 is 2.74 bits per heavy atom. The van der Waals surface area contributed by atoms with Gasteiger partial charge in [0.25, 0.3) is 6.43 Å². The molecule has 1 aromatic heterocycles. The smallest absolute Gasteiger partial charge is 0.281 e. The number of fused-ring (bicyclic) bond motifs is 1. The van der Waals surface area contributed by atoms with Gasteiger partial charge in [0.15, 0.2) is 0 Å². The number of hydrogen-bond donors (Lipinski definition) is 1. The lowest BCUT2D eigenvalue weighted by atomic mass is 9.68. The van der Waals surface area contributed by atoms with E-state index in [-0.39, 0.29) is 11.1 Å². The number of aryl methyl sites for hydroxylation is 1. The normalized spacial score (nSPS) is 26.4. The van der Waals surface area contributed by atoms with Crippen molar-refractivity contribution in [3.63, 3.8) is 0 Å². The van der Waals surface area contributed by atoms with Gasteiger partial charge in [-0.05, 0) is 59.8 Å². The number of pyridine rings is 1. The first-order valence-corrected chi connectivity index (χ1v) is 10.0. The highest BCUT2D eigenvalue weighted by atomic mass is 32.1. The van der Waals surface area contributed by atoms with Crippen LogP contribution in [0.3, 0.4) is 0 Å². The van der Waals surface area contributed by atoms with Crippen molar-refractivity contribution in [3.8, 4) is 0 Å². The second kappa shape index (κ2) is 7.42. The van der Waals surface area contributed by atoms with Crippen LogP contribution in [0.1, 0.15) is 63.8 Å². The molecule has 1 fully saturated rings. The van der Waals surface area contributed by atoms with Crippen LogP contribution in [-0.4, -0.2) is 9.97 Å². The maximum Gasteiger partial charge on any atom is 0.281 e. The zero-order chi connectivity index (χ0) is 19.9. The second-order valence-corrected chi connectivity index (χ2v) is 8.87. The summed E-state index contributed by atoms with van der Waals surface area (Å²) in [6.07, 6.45) is 5.25. The monoisotopic (exact) mass is 390 g/mol. The van der Waals surface area contributed by atoms with Crippen molar-refractivity contribution in [2.24, 2.45) is 23.2 Å². The first-order valence-electron chi connectivity index (χ1n) is 9.64. The Kier molecular flexibility index (Phi) is 5.53. The molecule has 0 aliphatic heterocycles. The van der Waals surface area contributed by atoms with Gasteiger partial charge in [0.1, 0.15) is 10.7 Å². The standard InChI is InChI=1S/C22H28F2N2S/c1-6-14-10-15-17(8-7-13(3)18(15)22(14,4)5)26-21(27)16-9-12(2)11-25-19(16)20(23)24/h7-9,11,13-14,18,20H,6,10H2,1-5H3,(H,26,27). The van der Waals surface area contributed by atoms with Gasteiger partial charge in [-0.25, -0.2) is 8.78 Å². The number of aromatic nitrogens is 1. The predicted octanol–water partition coefficient (Wildman–Crippen LogP) is 6.13. The minimum Gasteiger partial charge on any atom is -0.346 e. The van der Waals surface area contributed by atoms with Gasteiger partial charge in [-0.1, -0.05) is 52.4 Å². The number of thiocarbonyl (C=S) groups is 1. The van der Waals surface area contributed by atoms with E-state index in [1.54, 1.807) is 6.07 Å². The van der Waals surface area contributed by atoms with Gasteiger partial charge in [0.05, 0.1) is 0 Å². The van der Waals surface area contributed by atoms with Gasteiger partial charge in [0.2, 0.25) is 0 Å². The van der Waals surface area contributed by atoms with E-state index >= 15 is 0 Å². The lowest BCUT2D eigenvalue weighted by Crippen LogP contribution is -2.32. The highest BCUT2D eigenvalue weighted by Crippen LogP contribution is 2.56. The van der Waals surface area contributed by atoms with Gasteiger partial charge >= 0.3 is 0 Å². The van der Waals surface area contributed by atoms with Crippen LogP contribution in [0.25, 0.3) is 0 Å². The number of rotatable bonds is 4. The molecule has 1 aromatic rings. The lowest BCUT2D eigenvalue weighted by Gasteiger charge is -2.37. The van der Waals surface area contributed by atoms with Crippen molar-refractivity contribution in [2.45, 2.75) is 53.9 Å². The molecular formula is C22H28F2N2S. The van der Waals surface area contributed by atoms with Gasteiger partial charge in [-0.15, -0.1) is 0 Å². The van der Waals surface area contributed by atoms with Crippen molar-refractivity contribution in [1.29, 1.82) is 0 Å². The number of nitrogens with one attached hydrogen (secondary N) is 1. The Bertz CT molecular complexity index is 811. The predicted molar refractivity (Wildman–Crippen MR) is 110 cm³/mol. The molecule has 0 spiro atoms. The first kappa shape index (κ1) is 20.1. The zero-order valence-corrected chi connectivity index (χ0v) is 17.5. The summed E-state index contributed by atoms with van der Waals surface area (Å²) in [5.41, 5.74) is 3.45. The Morgan fingerprint density at radius 2 is 2.11 bits per heavy atom. The average Bonchev–Trinajstić information content (AvgIpc) is 2.88. The maximum atomic E-state index is 13.4. The molecule has 1 N–H and O–H groups in total. The van der Waals surface area contributed by atoms with Crippen LogP contribution < -0.4 is 5.32 Å². The van der Waals surface area contributed by atoms with Gasteiger partial charge in [-0.2, -0.15) is 0 Å². The summed E-state index contributed by atoms with van der Waals surface area (Å²) in [6.45, 7) is 11.0. The van der Waals surface area contributed by atoms with Crippen molar-refractivity contribution < 1.29 is 8.78 Å². The van der Waals surface area contributed by atoms with Crippen molar-refractivity contribution in [2.75, 3.05) is 0 Å². The van der Waals surface area contributed by atoms with Crippen LogP contribution in [0.5, 0.6) is 0 Å². The molecular weight excluding hydrogens is 362 g/mol. The van der Waals surface area contributed by atoms with Gasteiger partial charge in [-0.3, -0.25) is 4.98 Å². The van der Waals surface area contributed by atoms with Crippen molar-refractivity contribution in [1.82, 2.24) is 10.3 Å². The van der Waals surface area contributed by atoms with Crippen molar-refractivity contribution in [3.05, 3.63) is 52.5 Å². The van der Waals surface area contributed by atoms with E-state index in [2.05, 4.69) is 50.1 Å². The molecule has 1 saturated carbocycles. The van der Waals surface area contributed by atoms with E-state index in [4.69, 9.17) is 12.2 Å². The molecule has 2 aliphatic carbocycles. The molecule has 2 nitrogen and oxygen atoms in total. The zero-order valence-electron chi connectivity index (χ0n) is 16.6. The van der Waals surface area contributed by atoms with E-state index < -0.39 is 6.43 Å². The number of allylic oxidation sites excluding steroid dienone is 3. The largest absolute Gasteiger partial charge is 0.346 e. The van der Waals surface area contributed by atoms with Gasteiger partial charge < -0.3 is 5.32 Å². The highest BCUT2D eigenvalue weighted by molar-refractivity contribution is 7.80. The molecule has 0 bridgehead atoms. The Hall–Kier alpha value is -1.62. The van der Waals surface area contributed by atoms with Crippen LogP contribution >= 0.6 is 12.2 Å². The molecule has 3 rings (SSSR count). The topological polar surface area (TPSA) is 24.9 Å². The fourth-order valence-corrected chi connectivity index (χ4v) is 5.29. The summed E-state index contributed by atoms with van der Waals surface area (Å²) in [5.74, 6) is 1.52. The summed E-state index contributed by atoms with van der Waals surface area (Å²) >= 11 is 5.52. The Balaban J connectivity index is 1.96. The maximum absolute atomic E-state index is 13.4. The number of nitrogens with zero attached hydrogens (tertiary/aromatic N) is 1. The van der Waals surface area contributed by atoms with E-state index in [1.807, 2.05) is 6.92 Å². The van der Waals surface area contributed by atoms with Gasteiger partial charge in [0, 0.05) is 17.5 Å². The molecule has 27 heavy (non-hydrogen) atoms. The third-order valence-electron chi connectivity index (χ3n) is 6.38. The van der Waals surface area contributed by atoms with E-state index in [0.29, 0.717) is 28.3 Å². The van der Waals surface area contributed by atoms with Crippen LogP contribution in [0.15, 0.2) is 35.7 Å². The first-order chi connectivity index (χ1) is 12.7. The second-order valence-electron chi connectivity index (χ2n) is 8.47. The van der Waals surface area contributed by atoms with Crippen LogP contribution in [0, 0.1) is 30.1 Å². The molecule has 1 heterocycles. The third kappa shape index (κ3) is 3.58. The third-order valence-corrected chi connectivity index (χ3v) is 6.70. The Morgan fingerprint density at radius 1 is 1.41 bits per heavy atom. The minimum atomic E-state index is -2.65. The number of halogens is 2. The summed E-state index contributed by atoms with van der Waals surface area (Å²) < 4.78 is 26.8. The Labute approximate surface area is 166 Å². The summed E-state index contributed by atoms with van der Waals surface area (Å²) in [5, 5.41) is 3.28. The van der Waals surface area contributed by atoms with Crippen molar-refractivity contribution >= 4 is 17.2 Å². The summed E-state index contributed by atoms with van der Waals surface area (Å²) in [6, 6.07) is 1.69. The SMILES string of the molecule is CCC1CC2=C(NC(=S)c3cc(C)cnc3C(F)F)C=CC(C)C2C1(C)C. The fraction of sp³-hybridized carbons (Fsp3) is 0.545. The summed E-state index contributed by atoms with van der Waals surface area (Å²) in [7, 11) is 0. The number of alkyl halides is 2. The molecule has 3 unspecified atom stereocenters.